The molecule has 0 unspecified atom stereocenters. The molecule has 1 aliphatic heterocycles. The van der Waals surface area contributed by atoms with Crippen molar-refractivity contribution in [2.45, 2.75) is 19.4 Å². The van der Waals surface area contributed by atoms with E-state index in [0.29, 0.717) is 0 Å². The van der Waals surface area contributed by atoms with Crippen LogP contribution in [0.5, 0.6) is 0 Å². The highest BCUT2D eigenvalue weighted by Crippen LogP contribution is 2.19. The molecule has 0 amide bonds. The minimum atomic E-state index is 0.0396. The van der Waals surface area contributed by atoms with Gasteiger partial charge >= 0.3 is 0 Å². The van der Waals surface area contributed by atoms with Crippen molar-refractivity contribution >= 4 is 0 Å². The van der Waals surface area contributed by atoms with Gasteiger partial charge in [-0.25, -0.2) is 0 Å². The second kappa shape index (κ2) is 2.75. The Morgan fingerprint density at radius 2 is 2.33 bits per heavy atom. The molecule has 0 spiro atoms. The normalized spacial score (nSPS) is 21.9. The van der Waals surface area contributed by atoms with Crippen LogP contribution in [0.4, 0.5) is 0 Å². The van der Waals surface area contributed by atoms with Crippen LogP contribution in [0.3, 0.4) is 0 Å². The van der Waals surface area contributed by atoms with E-state index in [1.54, 1.807) is 6.20 Å². The van der Waals surface area contributed by atoms with Gasteiger partial charge in [0.15, 0.2) is 0 Å². The first-order valence-corrected chi connectivity index (χ1v) is 4.20. The minimum Gasteiger partial charge on any atom is -0.329 e. The van der Waals surface area contributed by atoms with Crippen LogP contribution in [0, 0.1) is 6.92 Å². The molecule has 0 radical (unpaired) electrons. The number of pyridine rings is 1. The van der Waals surface area contributed by atoms with Gasteiger partial charge in [-0.05, 0) is 31.5 Å². The van der Waals surface area contributed by atoms with Gasteiger partial charge < -0.3 is 10.3 Å². The molecule has 1 aromatic heterocycles. The van der Waals surface area contributed by atoms with Gasteiger partial charge in [0.1, 0.15) is 0 Å². The topological polar surface area (TPSA) is 44.9 Å². The van der Waals surface area contributed by atoms with Crippen LogP contribution in [-0.2, 0) is 0 Å². The predicted octanol–water partition coefficient (Wildman–Crippen LogP) is 0.718. The molecule has 2 heterocycles. The lowest BCUT2D eigenvalue weighted by molar-refractivity contribution is 0.380. The Hall–Kier alpha value is -1.09. The fraction of sp³-hybridized carbons (Fsp3) is 0.444. The molecule has 64 valence electrons. The second-order valence-electron chi connectivity index (χ2n) is 3.26. The van der Waals surface area contributed by atoms with Crippen molar-refractivity contribution in [1.29, 1.82) is 0 Å². The lowest BCUT2D eigenvalue weighted by Crippen LogP contribution is -2.38. The molecule has 0 bridgehead atoms. The lowest BCUT2D eigenvalue weighted by atomic mass is 9.98. The first-order chi connectivity index (χ1) is 5.77. The van der Waals surface area contributed by atoms with E-state index in [0.717, 1.165) is 24.1 Å². The zero-order chi connectivity index (χ0) is 8.55. The van der Waals surface area contributed by atoms with E-state index in [-0.39, 0.29) is 11.6 Å². The molecular formula is C9H12N2O. The van der Waals surface area contributed by atoms with Gasteiger partial charge in [-0.2, -0.15) is 0 Å². The number of hydrogen-bond donors (Lipinski definition) is 2. The van der Waals surface area contributed by atoms with Gasteiger partial charge in [-0.1, -0.05) is 0 Å². The minimum absolute atomic E-state index is 0.0396. The summed E-state index contributed by atoms with van der Waals surface area (Å²) in [6.45, 7) is 3.01. The van der Waals surface area contributed by atoms with Crippen molar-refractivity contribution in [3.8, 4) is 0 Å². The van der Waals surface area contributed by atoms with E-state index < -0.39 is 0 Å². The zero-order valence-electron chi connectivity index (χ0n) is 7.05. The van der Waals surface area contributed by atoms with Crippen LogP contribution >= 0.6 is 0 Å². The first kappa shape index (κ1) is 7.55. The number of aryl methyl sites for hydroxylation is 1. The summed E-state index contributed by atoms with van der Waals surface area (Å²) in [6, 6.07) is 2.24. The number of hydrogen-bond acceptors (Lipinski definition) is 2. The summed E-state index contributed by atoms with van der Waals surface area (Å²) in [4.78, 5) is 14.0. The third kappa shape index (κ3) is 1.16. The summed E-state index contributed by atoms with van der Waals surface area (Å²) in [6.07, 6.45) is 2.82. The molecule has 1 aliphatic rings. The maximum absolute atomic E-state index is 11.3. The Morgan fingerprint density at radius 1 is 1.58 bits per heavy atom. The maximum atomic E-state index is 11.3. The highest BCUT2D eigenvalue weighted by atomic mass is 16.1. The molecular weight excluding hydrogens is 152 g/mol. The zero-order valence-corrected chi connectivity index (χ0v) is 7.05. The SMILES string of the molecule is Cc1c[nH]c(=O)c([C@@H]2CCN2)c1. The molecule has 1 saturated heterocycles. The van der Waals surface area contributed by atoms with Crippen LogP contribution in [0.25, 0.3) is 0 Å². The monoisotopic (exact) mass is 164 g/mol. The van der Waals surface area contributed by atoms with Crippen molar-refractivity contribution in [2.75, 3.05) is 6.54 Å². The van der Waals surface area contributed by atoms with Gasteiger partial charge in [-0.3, -0.25) is 4.79 Å². The molecule has 2 N–H and O–H groups in total. The van der Waals surface area contributed by atoms with E-state index in [1.807, 2.05) is 13.0 Å². The quantitative estimate of drug-likeness (QED) is 0.642. The summed E-state index contributed by atoms with van der Waals surface area (Å²) in [5, 5.41) is 3.21. The number of nitrogens with one attached hydrogen (secondary N) is 2. The van der Waals surface area contributed by atoms with E-state index in [2.05, 4.69) is 10.3 Å². The van der Waals surface area contributed by atoms with Gasteiger partial charge in [0.2, 0.25) is 0 Å². The molecule has 3 heteroatoms. The molecule has 1 fully saturated rings. The average molecular weight is 164 g/mol. The molecule has 0 saturated carbocycles. The second-order valence-corrected chi connectivity index (χ2v) is 3.26. The summed E-state index contributed by atoms with van der Waals surface area (Å²) in [7, 11) is 0. The first-order valence-electron chi connectivity index (χ1n) is 4.20. The molecule has 1 aromatic rings. The van der Waals surface area contributed by atoms with E-state index in [4.69, 9.17) is 0 Å². The van der Waals surface area contributed by atoms with E-state index in [1.165, 1.54) is 0 Å². The smallest absolute Gasteiger partial charge is 0.252 e. The largest absolute Gasteiger partial charge is 0.329 e. The highest BCUT2D eigenvalue weighted by Gasteiger charge is 2.20. The van der Waals surface area contributed by atoms with Gasteiger partial charge in [0.05, 0.1) is 0 Å². The Kier molecular flexibility index (Phi) is 1.73. The van der Waals surface area contributed by atoms with Crippen molar-refractivity contribution in [2.24, 2.45) is 0 Å². The Bertz CT molecular complexity index is 339. The van der Waals surface area contributed by atoms with Crippen molar-refractivity contribution in [3.63, 3.8) is 0 Å². The van der Waals surface area contributed by atoms with Crippen LogP contribution in [0.2, 0.25) is 0 Å². The predicted molar refractivity (Wildman–Crippen MR) is 47.2 cm³/mol. The van der Waals surface area contributed by atoms with Gasteiger partial charge in [0.25, 0.3) is 5.56 Å². The number of aromatic amines is 1. The third-order valence-electron chi connectivity index (χ3n) is 2.28. The fourth-order valence-electron chi connectivity index (χ4n) is 1.43. The number of rotatable bonds is 1. The molecule has 2 rings (SSSR count). The van der Waals surface area contributed by atoms with Crippen LogP contribution in [-0.4, -0.2) is 11.5 Å². The van der Waals surface area contributed by atoms with Crippen molar-refractivity contribution in [1.82, 2.24) is 10.3 Å². The Balaban J connectivity index is 2.40. The molecule has 3 nitrogen and oxygen atoms in total. The van der Waals surface area contributed by atoms with Gasteiger partial charge in [-0.15, -0.1) is 0 Å². The highest BCUT2D eigenvalue weighted by molar-refractivity contribution is 5.21. The standard InChI is InChI=1S/C9H12N2O/c1-6-4-7(8-2-3-10-8)9(12)11-5-6/h4-5,8,10H,2-3H2,1H3,(H,11,12)/t8-/m0/s1. The van der Waals surface area contributed by atoms with Crippen LogP contribution in [0.1, 0.15) is 23.6 Å². The summed E-state index contributed by atoms with van der Waals surface area (Å²) in [5.41, 5.74) is 2.03. The molecule has 0 aromatic carbocycles. The van der Waals surface area contributed by atoms with Crippen molar-refractivity contribution in [3.05, 3.63) is 33.7 Å². The average Bonchev–Trinajstić information content (AvgIpc) is 1.93. The fourth-order valence-corrected chi connectivity index (χ4v) is 1.43. The van der Waals surface area contributed by atoms with Crippen molar-refractivity contribution < 1.29 is 0 Å². The van der Waals surface area contributed by atoms with Crippen LogP contribution in [0.15, 0.2) is 17.1 Å². The summed E-state index contributed by atoms with van der Waals surface area (Å²) < 4.78 is 0. The Morgan fingerprint density at radius 3 is 2.92 bits per heavy atom. The maximum Gasteiger partial charge on any atom is 0.252 e. The molecule has 12 heavy (non-hydrogen) atoms. The lowest BCUT2D eigenvalue weighted by Gasteiger charge is -2.27. The number of H-pyrrole nitrogens is 1. The van der Waals surface area contributed by atoms with Gasteiger partial charge in [0, 0.05) is 17.8 Å². The summed E-state index contributed by atoms with van der Waals surface area (Å²) >= 11 is 0. The van der Waals surface area contributed by atoms with E-state index >= 15 is 0 Å². The molecule has 0 aliphatic carbocycles. The molecule has 1 atom stereocenters. The van der Waals surface area contributed by atoms with Crippen LogP contribution < -0.4 is 10.9 Å². The van der Waals surface area contributed by atoms with E-state index in [9.17, 15) is 4.79 Å². The Labute approximate surface area is 70.8 Å². The summed E-state index contributed by atoms with van der Waals surface area (Å²) in [5.74, 6) is 0. The third-order valence-corrected chi connectivity index (χ3v) is 2.28. The number of aromatic nitrogens is 1.